The van der Waals surface area contributed by atoms with Crippen LogP contribution in [0.1, 0.15) is 26.0 Å². The van der Waals surface area contributed by atoms with Gasteiger partial charge in [0, 0.05) is 20.3 Å². The average molecular weight is 268 g/mol. The molecule has 0 aliphatic carbocycles. The highest BCUT2D eigenvalue weighted by Gasteiger charge is 2.17. The summed E-state index contributed by atoms with van der Waals surface area (Å²) in [6.07, 6.45) is 4.20. The van der Waals surface area contributed by atoms with E-state index < -0.39 is 0 Å². The number of thiocarbonyl (C=S) groups is 1. The predicted octanol–water partition coefficient (Wildman–Crippen LogP) is 1.59. The molecule has 6 heteroatoms. The lowest BCUT2D eigenvalue weighted by Crippen LogP contribution is -2.25. The maximum absolute atomic E-state index is 5.46. The third-order valence-corrected chi connectivity index (χ3v) is 2.84. The van der Waals surface area contributed by atoms with E-state index in [-0.39, 0.29) is 10.4 Å². The lowest BCUT2D eigenvalue weighted by atomic mass is 9.90. The first-order valence-corrected chi connectivity index (χ1v) is 6.20. The maximum Gasteiger partial charge on any atom is 0.144 e. The molecule has 0 unspecified atom stereocenters. The second-order valence-electron chi connectivity index (χ2n) is 4.91. The monoisotopic (exact) mass is 268 g/mol. The molecule has 0 aliphatic heterocycles. The molecule has 1 aromatic rings. The van der Waals surface area contributed by atoms with Gasteiger partial charge >= 0.3 is 0 Å². The van der Waals surface area contributed by atoms with Gasteiger partial charge in [0.15, 0.2) is 0 Å². The molecular weight excluding hydrogens is 248 g/mol. The fourth-order valence-corrected chi connectivity index (χ4v) is 1.45. The van der Waals surface area contributed by atoms with E-state index in [9.17, 15) is 0 Å². The molecule has 5 nitrogen and oxygen atoms in total. The van der Waals surface area contributed by atoms with Crippen molar-refractivity contribution in [3.05, 3.63) is 18.1 Å². The molecule has 0 amide bonds. The van der Waals surface area contributed by atoms with E-state index in [1.807, 2.05) is 0 Å². The van der Waals surface area contributed by atoms with Gasteiger partial charge in [-0.05, 0) is 11.8 Å². The fraction of sp³-hybridized carbons (Fsp3) is 0.583. The van der Waals surface area contributed by atoms with Crippen molar-refractivity contribution >= 4 is 23.0 Å². The second-order valence-corrected chi connectivity index (χ2v) is 5.35. The normalized spacial score (nSPS) is 11.3. The van der Waals surface area contributed by atoms with Crippen molar-refractivity contribution in [2.24, 2.45) is 11.1 Å². The van der Waals surface area contributed by atoms with Crippen molar-refractivity contribution in [1.82, 2.24) is 9.97 Å². The first-order valence-electron chi connectivity index (χ1n) is 5.79. The van der Waals surface area contributed by atoms with Crippen molar-refractivity contribution < 1.29 is 4.74 Å². The SMILES string of the molecule is COCCC(C)(C)CNc1cnc(C(N)=S)cn1. The van der Waals surface area contributed by atoms with Crippen LogP contribution in [0.2, 0.25) is 0 Å². The number of nitrogens with one attached hydrogen (secondary N) is 1. The molecule has 0 saturated carbocycles. The summed E-state index contributed by atoms with van der Waals surface area (Å²) in [7, 11) is 1.71. The van der Waals surface area contributed by atoms with Crippen molar-refractivity contribution in [3.63, 3.8) is 0 Å². The van der Waals surface area contributed by atoms with Crippen LogP contribution in [0, 0.1) is 5.41 Å². The van der Waals surface area contributed by atoms with Gasteiger partial charge in [-0.2, -0.15) is 0 Å². The highest BCUT2D eigenvalue weighted by Crippen LogP contribution is 2.20. The molecule has 0 atom stereocenters. The van der Waals surface area contributed by atoms with Gasteiger partial charge in [0.1, 0.15) is 16.5 Å². The summed E-state index contributed by atoms with van der Waals surface area (Å²) >= 11 is 4.82. The number of hydrogen-bond donors (Lipinski definition) is 2. The predicted molar refractivity (Wildman–Crippen MR) is 76.7 cm³/mol. The van der Waals surface area contributed by atoms with Gasteiger partial charge in [0.2, 0.25) is 0 Å². The van der Waals surface area contributed by atoms with Crippen LogP contribution in [-0.2, 0) is 4.74 Å². The smallest absolute Gasteiger partial charge is 0.144 e. The zero-order chi connectivity index (χ0) is 13.6. The Bertz CT molecular complexity index is 392. The number of nitrogens with zero attached hydrogens (tertiary/aromatic N) is 2. The van der Waals surface area contributed by atoms with E-state index in [1.165, 1.54) is 0 Å². The molecular formula is C12H20N4OS. The summed E-state index contributed by atoms with van der Waals surface area (Å²) in [6.45, 7) is 5.91. The summed E-state index contributed by atoms with van der Waals surface area (Å²) in [6, 6.07) is 0. The lowest BCUT2D eigenvalue weighted by Gasteiger charge is -2.24. The topological polar surface area (TPSA) is 73.1 Å². The van der Waals surface area contributed by atoms with Gasteiger partial charge in [0.25, 0.3) is 0 Å². The number of aromatic nitrogens is 2. The Labute approximate surface area is 113 Å². The molecule has 0 saturated heterocycles. The van der Waals surface area contributed by atoms with Crippen molar-refractivity contribution in [1.29, 1.82) is 0 Å². The Morgan fingerprint density at radius 2 is 2.17 bits per heavy atom. The van der Waals surface area contributed by atoms with Crippen molar-refractivity contribution in [2.75, 3.05) is 25.6 Å². The van der Waals surface area contributed by atoms with Crippen LogP contribution in [-0.4, -0.2) is 35.2 Å². The molecule has 0 aromatic carbocycles. The largest absolute Gasteiger partial charge is 0.388 e. The Kier molecular flexibility index (Phi) is 5.43. The van der Waals surface area contributed by atoms with Crippen LogP contribution >= 0.6 is 12.2 Å². The number of rotatable bonds is 7. The molecule has 18 heavy (non-hydrogen) atoms. The van der Waals surface area contributed by atoms with E-state index in [2.05, 4.69) is 29.1 Å². The molecule has 0 spiro atoms. The molecule has 1 heterocycles. The molecule has 0 bridgehead atoms. The van der Waals surface area contributed by atoms with Crippen molar-refractivity contribution in [3.8, 4) is 0 Å². The van der Waals surface area contributed by atoms with E-state index in [0.29, 0.717) is 5.69 Å². The molecule has 0 aliphatic rings. The second kappa shape index (κ2) is 6.61. The quantitative estimate of drug-likeness (QED) is 0.732. The lowest BCUT2D eigenvalue weighted by molar-refractivity contribution is 0.157. The third-order valence-electron chi connectivity index (χ3n) is 2.64. The molecule has 0 radical (unpaired) electrons. The molecule has 3 N–H and O–H groups in total. The summed E-state index contributed by atoms with van der Waals surface area (Å²) in [5.74, 6) is 0.723. The molecule has 1 rings (SSSR count). The van der Waals surface area contributed by atoms with Crippen LogP contribution in [0.25, 0.3) is 0 Å². The summed E-state index contributed by atoms with van der Waals surface area (Å²) in [4.78, 5) is 8.59. The van der Waals surface area contributed by atoms with Gasteiger partial charge in [0.05, 0.1) is 12.4 Å². The molecule has 0 fully saturated rings. The molecule has 1 aromatic heterocycles. The van der Waals surface area contributed by atoms with E-state index in [4.69, 9.17) is 22.7 Å². The fourth-order valence-electron chi connectivity index (χ4n) is 1.34. The minimum atomic E-state index is 0.138. The third kappa shape index (κ3) is 4.93. The average Bonchev–Trinajstić information content (AvgIpc) is 2.35. The van der Waals surface area contributed by atoms with Gasteiger partial charge in [-0.3, -0.25) is 0 Å². The Morgan fingerprint density at radius 3 is 2.67 bits per heavy atom. The summed E-state index contributed by atoms with van der Waals surface area (Å²) in [5.41, 5.74) is 6.13. The van der Waals surface area contributed by atoms with Gasteiger partial charge in [-0.15, -0.1) is 0 Å². The highest BCUT2D eigenvalue weighted by molar-refractivity contribution is 7.80. The molecule has 100 valence electrons. The van der Waals surface area contributed by atoms with E-state index in [1.54, 1.807) is 19.5 Å². The minimum absolute atomic E-state index is 0.138. The number of anilines is 1. The van der Waals surface area contributed by atoms with Gasteiger partial charge < -0.3 is 15.8 Å². The van der Waals surface area contributed by atoms with E-state index >= 15 is 0 Å². The highest BCUT2D eigenvalue weighted by atomic mass is 32.1. The van der Waals surface area contributed by atoms with Gasteiger partial charge in [-0.1, -0.05) is 26.1 Å². The zero-order valence-corrected chi connectivity index (χ0v) is 11.9. The summed E-state index contributed by atoms with van der Waals surface area (Å²) in [5, 5.41) is 3.25. The van der Waals surface area contributed by atoms with Crippen LogP contribution in [0.3, 0.4) is 0 Å². The maximum atomic E-state index is 5.46. The van der Waals surface area contributed by atoms with E-state index in [0.717, 1.165) is 25.4 Å². The Balaban J connectivity index is 2.50. The zero-order valence-electron chi connectivity index (χ0n) is 11.1. The van der Waals surface area contributed by atoms with Crippen molar-refractivity contribution in [2.45, 2.75) is 20.3 Å². The first-order chi connectivity index (χ1) is 8.44. The summed E-state index contributed by atoms with van der Waals surface area (Å²) < 4.78 is 5.09. The number of ether oxygens (including phenoxy) is 1. The number of methoxy groups -OCH3 is 1. The van der Waals surface area contributed by atoms with Crippen LogP contribution in [0.4, 0.5) is 5.82 Å². The Hall–Kier alpha value is -1.27. The van der Waals surface area contributed by atoms with Crippen LogP contribution in [0.5, 0.6) is 0 Å². The Morgan fingerprint density at radius 1 is 1.44 bits per heavy atom. The first kappa shape index (κ1) is 14.8. The number of nitrogens with two attached hydrogens (primary N) is 1. The minimum Gasteiger partial charge on any atom is -0.388 e. The van der Waals surface area contributed by atoms with Crippen LogP contribution < -0.4 is 11.1 Å². The number of hydrogen-bond acceptors (Lipinski definition) is 5. The van der Waals surface area contributed by atoms with Gasteiger partial charge in [-0.25, -0.2) is 9.97 Å². The standard InChI is InChI=1S/C12H20N4OS/c1-12(2,4-5-17-3)8-16-10-7-14-9(6-15-10)11(13)18/h6-7H,4-5,8H2,1-3H3,(H2,13,18)(H,15,16). The van der Waals surface area contributed by atoms with Crippen LogP contribution in [0.15, 0.2) is 12.4 Å².